The molecule has 1 saturated heterocycles. The van der Waals surface area contributed by atoms with Gasteiger partial charge in [0.15, 0.2) is 0 Å². The maximum atomic E-state index is 14.4. The lowest BCUT2D eigenvalue weighted by Gasteiger charge is -2.43. The number of ether oxygens (including phenoxy) is 2. The molecule has 0 bridgehead atoms. The zero-order chi connectivity index (χ0) is 35.4. The minimum absolute atomic E-state index is 0.0862. The van der Waals surface area contributed by atoms with Crippen molar-refractivity contribution in [3.05, 3.63) is 70.7 Å². The van der Waals surface area contributed by atoms with Crippen molar-refractivity contribution < 1.29 is 33.8 Å². The topological polar surface area (TPSA) is 129 Å². The van der Waals surface area contributed by atoms with E-state index in [4.69, 9.17) is 21.1 Å². The molecule has 4 rings (SSSR count). The minimum atomic E-state index is -1.10. The third-order valence-electron chi connectivity index (χ3n) is 8.97. The zero-order valence-electron chi connectivity index (χ0n) is 28.9. The minimum Gasteiger partial charge on any atom is -0.444 e. The molecule has 2 atom stereocenters. The number of amides is 4. The molecular formula is C37H51ClN4O7. The highest BCUT2D eigenvalue weighted by Gasteiger charge is 2.40. The van der Waals surface area contributed by atoms with E-state index in [1.54, 1.807) is 54.8 Å². The molecule has 0 radical (unpaired) electrons. The highest BCUT2D eigenvalue weighted by Crippen LogP contribution is 2.30. The van der Waals surface area contributed by atoms with Crippen LogP contribution in [0.2, 0.25) is 5.02 Å². The average Bonchev–Trinajstić information content (AvgIpc) is 3.09. The van der Waals surface area contributed by atoms with Gasteiger partial charge in [-0.05, 0) is 69.2 Å². The molecule has 2 aliphatic rings. The second-order valence-electron chi connectivity index (χ2n) is 13.9. The number of aliphatic hydroxyl groups excluding tert-OH is 1. The number of carbonyl (C=O) groups is 4. The molecule has 2 aromatic carbocycles. The maximum Gasteiger partial charge on any atom is 0.426 e. The Hall–Kier alpha value is -3.83. The Balaban J connectivity index is 1.57. The summed E-state index contributed by atoms with van der Waals surface area (Å²) in [4.78, 5) is 58.1. The smallest absolute Gasteiger partial charge is 0.426 e. The summed E-state index contributed by atoms with van der Waals surface area (Å²) < 4.78 is 11.2. The van der Waals surface area contributed by atoms with Gasteiger partial charge < -0.3 is 19.5 Å². The number of nitrogens with one attached hydrogen (secondary N) is 1. The first-order chi connectivity index (χ1) is 23.4. The fraction of sp³-hybridized carbons (Fsp3) is 0.568. The van der Waals surface area contributed by atoms with Gasteiger partial charge in [0.25, 0.3) is 0 Å². The van der Waals surface area contributed by atoms with Crippen LogP contribution in [0.1, 0.15) is 95.7 Å². The first-order valence-electron chi connectivity index (χ1n) is 17.4. The van der Waals surface area contributed by atoms with E-state index in [1.807, 2.05) is 30.3 Å². The van der Waals surface area contributed by atoms with Crippen LogP contribution in [-0.2, 0) is 25.7 Å². The number of hydrogen-bond donors (Lipinski definition) is 2. The van der Waals surface area contributed by atoms with Crippen LogP contribution in [0.3, 0.4) is 0 Å². The van der Waals surface area contributed by atoms with Gasteiger partial charge in [0, 0.05) is 37.7 Å². The largest absolute Gasteiger partial charge is 0.444 e. The third-order valence-corrected chi connectivity index (χ3v) is 9.20. The summed E-state index contributed by atoms with van der Waals surface area (Å²) in [5.74, 6) is -0.374. The van der Waals surface area contributed by atoms with E-state index in [1.165, 1.54) is 6.42 Å². The molecule has 2 N–H and O–H groups in total. The lowest BCUT2D eigenvalue weighted by atomic mass is 9.86. The fourth-order valence-corrected chi connectivity index (χ4v) is 6.70. The van der Waals surface area contributed by atoms with Crippen molar-refractivity contribution in [2.24, 2.45) is 5.92 Å². The third kappa shape index (κ3) is 11.6. The van der Waals surface area contributed by atoms with Gasteiger partial charge in [-0.3, -0.25) is 14.5 Å². The number of carbonyl (C=O) groups excluding carboxylic acids is 4. The van der Waals surface area contributed by atoms with Crippen molar-refractivity contribution in [2.45, 2.75) is 103 Å². The van der Waals surface area contributed by atoms with Crippen molar-refractivity contribution in [1.29, 1.82) is 0 Å². The van der Waals surface area contributed by atoms with E-state index in [0.717, 1.165) is 36.3 Å². The second-order valence-corrected chi connectivity index (χ2v) is 14.3. The number of hydrazine groups is 1. The number of nitrogens with zero attached hydrogens (tertiary/aromatic N) is 3. The van der Waals surface area contributed by atoms with Crippen LogP contribution in [0.25, 0.3) is 0 Å². The highest BCUT2D eigenvalue weighted by atomic mass is 35.5. The molecule has 2 unspecified atom stereocenters. The van der Waals surface area contributed by atoms with Gasteiger partial charge in [0.1, 0.15) is 18.2 Å². The van der Waals surface area contributed by atoms with E-state index in [-0.39, 0.29) is 58.0 Å². The van der Waals surface area contributed by atoms with Gasteiger partial charge in [-0.2, -0.15) is 0 Å². The summed E-state index contributed by atoms with van der Waals surface area (Å²) in [6.07, 6.45) is 5.34. The molecular weight excluding hydrogens is 648 g/mol. The van der Waals surface area contributed by atoms with Gasteiger partial charge >= 0.3 is 12.2 Å². The van der Waals surface area contributed by atoms with Crippen molar-refractivity contribution >= 4 is 35.6 Å². The Bertz CT molecular complexity index is 1400. The molecule has 0 aromatic heterocycles. The van der Waals surface area contributed by atoms with E-state index < -0.39 is 35.8 Å². The Morgan fingerprint density at radius 3 is 2.43 bits per heavy atom. The van der Waals surface area contributed by atoms with Crippen LogP contribution in [0.5, 0.6) is 0 Å². The van der Waals surface area contributed by atoms with Crippen LogP contribution in [0.15, 0.2) is 54.6 Å². The van der Waals surface area contributed by atoms with Crippen LogP contribution < -0.4 is 5.43 Å². The molecule has 1 saturated carbocycles. The van der Waals surface area contributed by atoms with E-state index >= 15 is 0 Å². The summed E-state index contributed by atoms with van der Waals surface area (Å²) in [7, 11) is 0. The van der Waals surface area contributed by atoms with E-state index in [0.29, 0.717) is 22.9 Å². The van der Waals surface area contributed by atoms with Crippen LogP contribution >= 0.6 is 11.6 Å². The number of halogens is 1. The highest BCUT2D eigenvalue weighted by molar-refractivity contribution is 6.30. The number of aliphatic hydroxyl groups is 1. The quantitative estimate of drug-likeness (QED) is 0.252. The summed E-state index contributed by atoms with van der Waals surface area (Å²) in [6.45, 7) is 5.69. The maximum absolute atomic E-state index is 14.4. The monoisotopic (exact) mass is 698 g/mol. The molecule has 12 heteroatoms. The number of rotatable bonds is 11. The van der Waals surface area contributed by atoms with Gasteiger partial charge in [0.05, 0.1) is 6.04 Å². The Morgan fingerprint density at radius 2 is 1.76 bits per heavy atom. The molecule has 11 nitrogen and oxygen atoms in total. The molecule has 1 aliphatic carbocycles. The van der Waals surface area contributed by atoms with Crippen LogP contribution in [0.4, 0.5) is 9.59 Å². The molecule has 268 valence electrons. The SMILES string of the molecule is CC(C)(C)OC(=O)N1CCN(C(=O)C(CCCO)N(NC(=O)OCc2cccc(Cl)c2)C(=O)CCC2CCCCC2)CC1c1ccccc1. The standard InChI is InChI=1S/C37H51ClN4O7/c1-37(2,3)49-36(47)41-22-21-40(25-32(41)29-15-8-5-9-16-29)34(45)31(18-11-23-43)42(33(44)20-19-27-12-6-4-7-13-27)39-35(46)48-26-28-14-10-17-30(38)24-28/h5,8-10,14-17,24,27,31-32,43H,4,6-7,11-13,18-23,25-26H2,1-3H3,(H,39,46). The summed E-state index contributed by atoms with van der Waals surface area (Å²) in [5.41, 5.74) is 3.39. The molecule has 49 heavy (non-hydrogen) atoms. The molecule has 1 aliphatic heterocycles. The van der Waals surface area contributed by atoms with Crippen molar-refractivity contribution in [3.8, 4) is 0 Å². The number of piperazine rings is 1. The van der Waals surface area contributed by atoms with Gasteiger partial charge in [-0.25, -0.2) is 20.0 Å². The summed E-state index contributed by atoms with van der Waals surface area (Å²) in [6, 6.07) is 14.7. The molecule has 1 heterocycles. The molecule has 0 spiro atoms. The predicted molar refractivity (Wildman–Crippen MR) is 186 cm³/mol. The van der Waals surface area contributed by atoms with E-state index in [2.05, 4.69) is 5.43 Å². The van der Waals surface area contributed by atoms with Crippen LogP contribution in [-0.4, -0.2) is 81.8 Å². The first kappa shape index (κ1) is 38.0. The predicted octanol–water partition coefficient (Wildman–Crippen LogP) is 6.63. The Labute approximate surface area is 294 Å². The lowest BCUT2D eigenvalue weighted by molar-refractivity contribution is -0.151. The molecule has 4 amide bonds. The summed E-state index contributed by atoms with van der Waals surface area (Å²) >= 11 is 6.09. The number of hydrogen-bond acceptors (Lipinski definition) is 7. The lowest BCUT2D eigenvalue weighted by Crippen LogP contribution is -2.61. The van der Waals surface area contributed by atoms with Gasteiger partial charge in [0.2, 0.25) is 11.8 Å². The molecule has 2 fully saturated rings. The Kier molecular flexibility index (Phi) is 14.1. The molecule has 2 aromatic rings. The Morgan fingerprint density at radius 1 is 1.02 bits per heavy atom. The second kappa shape index (κ2) is 18.2. The fourth-order valence-electron chi connectivity index (χ4n) is 6.49. The van der Waals surface area contributed by atoms with Gasteiger partial charge in [-0.1, -0.05) is 86.2 Å². The average molecular weight is 699 g/mol. The van der Waals surface area contributed by atoms with E-state index in [9.17, 15) is 24.3 Å². The van der Waals surface area contributed by atoms with Crippen molar-refractivity contribution in [2.75, 3.05) is 26.2 Å². The first-order valence-corrected chi connectivity index (χ1v) is 17.8. The van der Waals surface area contributed by atoms with Crippen molar-refractivity contribution in [3.63, 3.8) is 0 Å². The normalized spacial score (nSPS) is 17.6. The zero-order valence-corrected chi connectivity index (χ0v) is 29.7. The van der Waals surface area contributed by atoms with Gasteiger partial charge in [-0.15, -0.1) is 0 Å². The summed E-state index contributed by atoms with van der Waals surface area (Å²) in [5, 5.41) is 11.4. The number of benzene rings is 2. The van der Waals surface area contributed by atoms with Crippen molar-refractivity contribution in [1.82, 2.24) is 20.2 Å². The van der Waals surface area contributed by atoms with Crippen LogP contribution in [0, 0.1) is 5.92 Å².